The highest BCUT2D eigenvalue weighted by molar-refractivity contribution is 6.48. The van der Waals surface area contributed by atoms with Gasteiger partial charge in [0.1, 0.15) is 5.70 Å². The summed E-state index contributed by atoms with van der Waals surface area (Å²) in [6, 6.07) is 9.24. The van der Waals surface area contributed by atoms with Crippen molar-refractivity contribution < 1.29 is 14.4 Å². The van der Waals surface area contributed by atoms with Crippen molar-refractivity contribution in [3.05, 3.63) is 47.7 Å². The van der Waals surface area contributed by atoms with E-state index >= 15 is 0 Å². The average molecular weight is 244 g/mol. The molecule has 2 N–H and O–H groups in total. The largest absolute Gasteiger partial charge is 0.303 e. The number of ketones is 3. The molecule has 18 heavy (non-hydrogen) atoms. The van der Waals surface area contributed by atoms with Crippen LogP contribution in [0.15, 0.2) is 42.1 Å². The van der Waals surface area contributed by atoms with E-state index in [9.17, 15) is 14.4 Å². The van der Waals surface area contributed by atoms with Crippen LogP contribution in [-0.4, -0.2) is 22.4 Å². The number of Topliss-reactive ketones (excluding diaryl/α,β-unsaturated/α-hetero) is 2. The van der Waals surface area contributed by atoms with E-state index in [0.29, 0.717) is 0 Å². The first kappa shape index (κ1) is 12.2. The smallest absolute Gasteiger partial charge is 0.246 e. The average Bonchev–Trinajstić information content (AvgIpc) is 2.35. The van der Waals surface area contributed by atoms with Crippen molar-refractivity contribution in [1.29, 1.82) is 0 Å². The van der Waals surface area contributed by atoms with Gasteiger partial charge in [-0.2, -0.15) is 0 Å². The molecule has 0 amide bonds. The first-order chi connectivity index (χ1) is 8.58. The van der Waals surface area contributed by atoms with Crippen molar-refractivity contribution in [3.63, 3.8) is 0 Å². The number of hydrogen-bond acceptors (Lipinski definition) is 5. The van der Waals surface area contributed by atoms with Gasteiger partial charge in [0.25, 0.3) is 0 Å². The minimum absolute atomic E-state index is 0.0416. The molecular formula is C13H12N2O3. The number of carbonyl (C=O) groups excluding carboxylic acids is 3. The monoisotopic (exact) mass is 244 g/mol. The van der Waals surface area contributed by atoms with Crippen LogP contribution in [0.25, 0.3) is 0 Å². The van der Waals surface area contributed by atoms with Gasteiger partial charge >= 0.3 is 0 Å². The Bertz CT molecular complexity index is 534. The summed E-state index contributed by atoms with van der Waals surface area (Å²) in [6.45, 7) is 0.263. The third-order valence-electron chi connectivity index (χ3n) is 2.62. The predicted molar refractivity (Wildman–Crippen MR) is 63.9 cm³/mol. The Morgan fingerprint density at radius 1 is 1.11 bits per heavy atom. The van der Waals surface area contributed by atoms with Crippen molar-refractivity contribution >= 4 is 17.3 Å². The van der Waals surface area contributed by atoms with Crippen molar-refractivity contribution in [2.45, 2.75) is 13.0 Å². The highest BCUT2D eigenvalue weighted by Crippen LogP contribution is 2.13. The second-order valence-corrected chi connectivity index (χ2v) is 4.04. The summed E-state index contributed by atoms with van der Waals surface area (Å²) in [5, 5.41) is 1.13. The topological polar surface area (TPSA) is 80.5 Å². The lowest BCUT2D eigenvalue weighted by molar-refractivity contribution is -0.138. The molecule has 5 heteroatoms. The Hall–Kier alpha value is -2.27. The van der Waals surface area contributed by atoms with Gasteiger partial charge in [-0.25, -0.2) is 5.84 Å². The molecule has 0 radical (unpaired) electrons. The van der Waals surface area contributed by atoms with Gasteiger partial charge in [0.15, 0.2) is 5.78 Å². The van der Waals surface area contributed by atoms with E-state index in [-0.39, 0.29) is 18.7 Å². The molecule has 1 aromatic carbocycles. The number of nitrogens with zero attached hydrogens (tertiary/aromatic N) is 1. The van der Waals surface area contributed by atoms with E-state index < -0.39 is 17.3 Å². The standard InChI is InChI=1S/C13H12N2O3/c14-15(8-9-4-2-1-3-5-9)11-6-10(16)7-12(17)13(11)18/h1-6H,7-8,14H2. The van der Waals surface area contributed by atoms with E-state index in [4.69, 9.17) is 5.84 Å². The Morgan fingerprint density at radius 2 is 1.78 bits per heavy atom. The minimum atomic E-state index is -0.707. The molecule has 0 spiro atoms. The lowest BCUT2D eigenvalue weighted by Crippen LogP contribution is -2.39. The molecule has 0 saturated heterocycles. The highest BCUT2D eigenvalue weighted by atomic mass is 16.2. The van der Waals surface area contributed by atoms with E-state index in [1.54, 1.807) is 0 Å². The number of hydrogen-bond donors (Lipinski definition) is 1. The summed E-state index contributed by atoms with van der Waals surface area (Å²) in [5.41, 5.74) is 0.847. The molecule has 0 saturated carbocycles. The molecule has 1 aromatic rings. The molecule has 0 atom stereocenters. The zero-order valence-corrected chi connectivity index (χ0v) is 9.63. The van der Waals surface area contributed by atoms with Gasteiger partial charge in [-0.05, 0) is 5.56 Å². The third kappa shape index (κ3) is 2.52. The van der Waals surface area contributed by atoms with Gasteiger partial charge in [0.05, 0.1) is 13.0 Å². The molecule has 92 valence electrons. The van der Waals surface area contributed by atoms with Crippen LogP contribution in [0.3, 0.4) is 0 Å². The fourth-order valence-corrected chi connectivity index (χ4v) is 1.73. The second-order valence-electron chi connectivity index (χ2n) is 4.04. The van der Waals surface area contributed by atoms with Crippen LogP contribution in [0.5, 0.6) is 0 Å². The zero-order chi connectivity index (χ0) is 13.1. The molecule has 0 aromatic heterocycles. The maximum atomic E-state index is 11.6. The van der Waals surface area contributed by atoms with Crippen LogP contribution in [0.1, 0.15) is 12.0 Å². The summed E-state index contributed by atoms with van der Waals surface area (Å²) >= 11 is 0. The first-order valence-corrected chi connectivity index (χ1v) is 5.46. The molecular weight excluding hydrogens is 232 g/mol. The summed E-state index contributed by atoms with van der Waals surface area (Å²) in [5.74, 6) is 3.94. The summed E-state index contributed by atoms with van der Waals surface area (Å²) in [7, 11) is 0. The predicted octanol–water partition coefficient (Wildman–Crippen LogP) is 0.357. The Labute approximate surface area is 104 Å². The number of nitrogens with two attached hydrogens (primary N) is 1. The van der Waals surface area contributed by atoms with E-state index in [0.717, 1.165) is 16.6 Å². The van der Waals surface area contributed by atoms with Crippen LogP contribution < -0.4 is 5.84 Å². The fourth-order valence-electron chi connectivity index (χ4n) is 1.73. The summed E-state index contributed by atoms with van der Waals surface area (Å²) in [6.07, 6.45) is 0.772. The Morgan fingerprint density at radius 3 is 2.44 bits per heavy atom. The number of carbonyl (C=O) groups is 3. The molecule has 1 aliphatic rings. The fraction of sp³-hybridized carbons (Fsp3) is 0.154. The lowest BCUT2D eigenvalue weighted by atomic mass is 10.00. The Balaban J connectivity index is 2.18. The van der Waals surface area contributed by atoms with Crippen molar-refractivity contribution in [2.24, 2.45) is 5.84 Å². The Kier molecular flexibility index (Phi) is 3.34. The van der Waals surface area contributed by atoms with Crippen molar-refractivity contribution in [2.75, 3.05) is 0 Å². The van der Waals surface area contributed by atoms with Crippen molar-refractivity contribution in [3.8, 4) is 0 Å². The van der Waals surface area contributed by atoms with Crippen LogP contribution >= 0.6 is 0 Å². The maximum Gasteiger partial charge on any atom is 0.246 e. The van der Waals surface area contributed by atoms with Gasteiger partial charge in [0.2, 0.25) is 11.6 Å². The van der Waals surface area contributed by atoms with E-state index in [1.807, 2.05) is 30.3 Å². The third-order valence-corrected chi connectivity index (χ3v) is 2.62. The minimum Gasteiger partial charge on any atom is -0.303 e. The summed E-state index contributed by atoms with van der Waals surface area (Å²) < 4.78 is 0. The molecule has 0 aliphatic heterocycles. The number of rotatable bonds is 3. The number of allylic oxidation sites excluding steroid dienone is 2. The molecule has 2 rings (SSSR count). The molecule has 1 aliphatic carbocycles. The molecule has 0 unspecified atom stereocenters. The molecule has 0 fully saturated rings. The normalized spacial score (nSPS) is 15.6. The SMILES string of the molecule is NN(Cc1ccccc1)C1=CC(=O)CC(=O)C1=O. The van der Waals surface area contributed by atoms with E-state index in [1.165, 1.54) is 0 Å². The van der Waals surface area contributed by atoms with Gasteiger partial charge in [-0.1, -0.05) is 30.3 Å². The van der Waals surface area contributed by atoms with E-state index in [2.05, 4.69) is 0 Å². The second kappa shape index (κ2) is 4.93. The zero-order valence-electron chi connectivity index (χ0n) is 9.63. The maximum absolute atomic E-state index is 11.6. The first-order valence-electron chi connectivity index (χ1n) is 5.46. The molecule has 0 bridgehead atoms. The van der Waals surface area contributed by atoms with Crippen molar-refractivity contribution in [1.82, 2.24) is 5.01 Å². The van der Waals surface area contributed by atoms with Crippen LogP contribution in [0.4, 0.5) is 0 Å². The lowest BCUT2D eigenvalue weighted by Gasteiger charge is -2.22. The number of benzene rings is 1. The van der Waals surface area contributed by atoms with Gasteiger partial charge in [0, 0.05) is 6.08 Å². The number of hydrazine groups is 1. The molecule has 0 heterocycles. The van der Waals surface area contributed by atoms with Crippen LogP contribution in [0, 0.1) is 0 Å². The van der Waals surface area contributed by atoms with Gasteiger partial charge in [-0.3, -0.25) is 14.4 Å². The molecule has 5 nitrogen and oxygen atoms in total. The van der Waals surface area contributed by atoms with Gasteiger partial charge < -0.3 is 5.01 Å². The van der Waals surface area contributed by atoms with Crippen LogP contribution in [0.2, 0.25) is 0 Å². The van der Waals surface area contributed by atoms with Crippen LogP contribution in [-0.2, 0) is 20.9 Å². The summed E-state index contributed by atoms with van der Waals surface area (Å²) in [4.78, 5) is 34.1. The quantitative estimate of drug-likeness (QED) is 0.359. The highest BCUT2D eigenvalue weighted by Gasteiger charge is 2.29. The van der Waals surface area contributed by atoms with Gasteiger partial charge in [-0.15, -0.1) is 0 Å².